The van der Waals surface area contributed by atoms with E-state index >= 15 is 0 Å². The van der Waals surface area contributed by atoms with Crippen molar-refractivity contribution in [3.63, 3.8) is 0 Å². The molecule has 0 bridgehead atoms. The molecular weight excluding hydrogens is 550 g/mol. The van der Waals surface area contributed by atoms with Gasteiger partial charge in [-0.1, -0.05) is 55.8 Å². The molecule has 1 atom stereocenters. The number of carbonyl (C=O) groups excluding carboxylic acids is 2. The minimum atomic E-state index is -4.15. The van der Waals surface area contributed by atoms with Crippen molar-refractivity contribution in [3.05, 3.63) is 89.4 Å². The Bertz CT molecular complexity index is 1360. The largest absolute Gasteiger partial charge is 0.494 e. The highest BCUT2D eigenvalue weighted by molar-refractivity contribution is 7.92. The van der Waals surface area contributed by atoms with Gasteiger partial charge in [0, 0.05) is 18.1 Å². The second-order valence-electron chi connectivity index (χ2n) is 9.71. The van der Waals surface area contributed by atoms with Crippen LogP contribution in [-0.2, 0) is 26.2 Å². The summed E-state index contributed by atoms with van der Waals surface area (Å²) in [5.41, 5.74) is 1.08. The highest BCUT2D eigenvalue weighted by Gasteiger charge is 2.32. The molecule has 0 heterocycles. The molecule has 0 aliphatic heterocycles. The van der Waals surface area contributed by atoms with Crippen LogP contribution in [0.1, 0.15) is 33.3 Å². The van der Waals surface area contributed by atoms with Gasteiger partial charge in [0.05, 0.1) is 17.2 Å². The zero-order valence-corrected chi connectivity index (χ0v) is 24.8. The van der Waals surface area contributed by atoms with Crippen LogP contribution >= 0.6 is 11.6 Å². The van der Waals surface area contributed by atoms with E-state index in [2.05, 4.69) is 5.32 Å². The zero-order chi connectivity index (χ0) is 29.3. The van der Waals surface area contributed by atoms with Gasteiger partial charge >= 0.3 is 0 Å². The van der Waals surface area contributed by atoms with Gasteiger partial charge in [0.15, 0.2) is 0 Å². The van der Waals surface area contributed by atoms with E-state index in [0.717, 1.165) is 9.87 Å². The van der Waals surface area contributed by atoms with E-state index in [4.69, 9.17) is 16.3 Å². The Kier molecular flexibility index (Phi) is 11.0. The molecule has 2 amide bonds. The summed E-state index contributed by atoms with van der Waals surface area (Å²) in [5.74, 6) is -0.0827. The summed E-state index contributed by atoms with van der Waals surface area (Å²) in [6, 6.07) is 20.6. The third-order valence-corrected chi connectivity index (χ3v) is 8.20. The van der Waals surface area contributed by atoms with Crippen molar-refractivity contribution in [2.75, 3.05) is 24.0 Å². The number of carbonyl (C=O) groups is 2. The van der Waals surface area contributed by atoms with E-state index in [-0.39, 0.29) is 23.3 Å². The highest BCUT2D eigenvalue weighted by atomic mass is 35.5. The molecule has 0 radical (unpaired) electrons. The number of hydrogen-bond donors (Lipinski definition) is 1. The number of para-hydroxylation sites is 1. The van der Waals surface area contributed by atoms with Gasteiger partial charge in [0.2, 0.25) is 11.8 Å². The second kappa shape index (κ2) is 14.2. The van der Waals surface area contributed by atoms with Crippen molar-refractivity contribution in [3.8, 4) is 5.75 Å². The molecule has 0 aliphatic rings. The molecular formula is C30H36ClN3O5S. The fraction of sp³-hybridized carbons (Fsp3) is 0.333. The third kappa shape index (κ3) is 8.22. The number of ether oxygens (including phenoxy) is 1. The van der Waals surface area contributed by atoms with Crippen molar-refractivity contribution >= 4 is 39.1 Å². The topological polar surface area (TPSA) is 96.0 Å². The summed E-state index contributed by atoms with van der Waals surface area (Å²) in [7, 11) is -4.15. The predicted octanol–water partition coefficient (Wildman–Crippen LogP) is 5.12. The predicted molar refractivity (Wildman–Crippen MR) is 158 cm³/mol. The first kappa shape index (κ1) is 31.0. The van der Waals surface area contributed by atoms with Gasteiger partial charge in [-0.25, -0.2) is 8.42 Å². The summed E-state index contributed by atoms with van der Waals surface area (Å²) in [6.45, 7) is 7.92. The molecule has 8 nitrogen and oxygen atoms in total. The molecule has 214 valence electrons. The van der Waals surface area contributed by atoms with Crippen molar-refractivity contribution in [1.29, 1.82) is 0 Å². The van der Waals surface area contributed by atoms with Gasteiger partial charge in [-0.15, -0.1) is 0 Å². The molecule has 0 spiro atoms. The molecule has 10 heteroatoms. The van der Waals surface area contributed by atoms with E-state index < -0.39 is 28.5 Å². The van der Waals surface area contributed by atoms with E-state index in [0.29, 0.717) is 29.6 Å². The maximum Gasteiger partial charge on any atom is 0.264 e. The van der Waals surface area contributed by atoms with Crippen LogP contribution in [0.5, 0.6) is 5.75 Å². The minimum absolute atomic E-state index is 0.0135. The maximum absolute atomic E-state index is 13.9. The first-order chi connectivity index (χ1) is 19.0. The molecule has 0 fully saturated rings. The van der Waals surface area contributed by atoms with Crippen molar-refractivity contribution in [2.45, 2.75) is 45.2 Å². The monoisotopic (exact) mass is 585 g/mol. The number of anilines is 1. The van der Waals surface area contributed by atoms with Gasteiger partial charge in [-0.3, -0.25) is 13.9 Å². The lowest BCUT2D eigenvalue weighted by molar-refractivity contribution is -0.139. The van der Waals surface area contributed by atoms with Gasteiger partial charge in [0.1, 0.15) is 18.3 Å². The smallest absolute Gasteiger partial charge is 0.264 e. The molecule has 40 heavy (non-hydrogen) atoms. The lowest BCUT2D eigenvalue weighted by atomic mass is 10.1. The first-order valence-electron chi connectivity index (χ1n) is 13.1. The number of nitrogens with one attached hydrogen (secondary N) is 1. The Morgan fingerprint density at radius 3 is 2.12 bits per heavy atom. The normalized spacial score (nSPS) is 12.1. The molecule has 0 unspecified atom stereocenters. The number of halogens is 1. The standard InChI is InChI=1S/C30H36ClN3O5S/c1-5-39-27-15-17-28(18-16-27)40(37,38)34(26-9-7-6-8-10-26)21-29(35)33(20-24-11-13-25(31)14-12-24)23(4)30(36)32-19-22(2)3/h6-18,22-23H,5,19-21H2,1-4H3,(H,32,36)/t23-/m0/s1. The molecule has 0 aromatic heterocycles. The number of hydrogen-bond acceptors (Lipinski definition) is 5. The summed E-state index contributed by atoms with van der Waals surface area (Å²) >= 11 is 6.04. The quantitative estimate of drug-likeness (QED) is 0.300. The Balaban J connectivity index is 1.97. The average Bonchev–Trinajstić information content (AvgIpc) is 2.94. The molecule has 3 aromatic carbocycles. The van der Waals surface area contributed by atoms with E-state index in [1.807, 2.05) is 20.8 Å². The zero-order valence-electron chi connectivity index (χ0n) is 23.2. The van der Waals surface area contributed by atoms with Crippen LogP contribution in [0.3, 0.4) is 0 Å². The Morgan fingerprint density at radius 2 is 1.55 bits per heavy atom. The van der Waals surface area contributed by atoms with Gasteiger partial charge in [-0.05, 0) is 73.9 Å². The average molecular weight is 586 g/mol. The number of amides is 2. The van der Waals surface area contributed by atoms with E-state index in [1.165, 1.54) is 17.0 Å². The third-order valence-electron chi connectivity index (χ3n) is 6.16. The van der Waals surface area contributed by atoms with Crippen LogP contribution in [0.15, 0.2) is 83.8 Å². The number of benzene rings is 3. The first-order valence-corrected chi connectivity index (χ1v) is 15.0. The fourth-order valence-electron chi connectivity index (χ4n) is 3.95. The highest BCUT2D eigenvalue weighted by Crippen LogP contribution is 2.26. The second-order valence-corrected chi connectivity index (χ2v) is 12.0. The van der Waals surface area contributed by atoms with Crippen LogP contribution < -0.4 is 14.4 Å². The Morgan fingerprint density at radius 1 is 0.925 bits per heavy atom. The minimum Gasteiger partial charge on any atom is -0.494 e. The van der Waals surface area contributed by atoms with Crippen molar-refractivity contribution in [2.24, 2.45) is 5.92 Å². The van der Waals surface area contributed by atoms with Crippen LogP contribution in [0, 0.1) is 5.92 Å². The van der Waals surface area contributed by atoms with Crippen LogP contribution in [0.4, 0.5) is 5.69 Å². The van der Waals surface area contributed by atoms with Crippen molar-refractivity contribution in [1.82, 2.24) is 10.2 Å². The SMILES string of the molecule is CCOc1ccc(S(=O)(=O)N(CC(=O)N(Cc2ccc(Cl)cc2)[C@@H](C)C(=O)NCC(C)C)c2ccccc2)cc1. The number of nitrogens with zero attached hydrogens (tertiary/aromatic N) is 2. The van der Waals surface area contributed by atoms with Gasteiger partial charge in [0.25, 0.3) is 10.0 Å². The lowest BCUT2D eigenvalue weighted by Gasteiger charge is -2.32. The van der Waals surface area contributed by atoms with Gasteiger partial charge in [-0.2, -0.15) is 0 Å². The summed E-state index contributed by atoms with van der Waals surface area (Å²) in [4.78, 5) is 28.3. The van der Waals surface area contributed by atoms with E-state index in [9.17, 15) is 18.0 Å². The van der Waals surface area contributed by atoms with Gasteiger partial charge < -0.3 is 15.0 Å². The lowest BCUT2D eigenvalue weighted by Crippen LogP contribution is -2.51. The summed E-state index contributed by atoms with van der Waals surface area (Å²) in [6.07, 6.45) is 0. The Hall–Kier alpha value is -3.56. The maximum atomic E-state index is 13.9. The number of sulfonamides is 1. The van der Waals surface area contributed by atoms with Crippen LogP contribution in [-0.4, -0.2) is 50.9 Å². The van der Waals surface area contributed by atoms with Crippen molar-refractivity contribution < 1.29 is 22.7 Å². The van der Waals surface area contributed by atoms with E-state index in [1.54, 1.807) is 73.7 Å². The molecule has 3 rings (SSSR count). The summed E-state index contributed by atoms with van der Waals surface area (Å²) in [5, 5.41) is 3.41. The van der Waals surface area contributed by atoms with Crippen LogP contribution in [0.2, 0.25) is 5.02 Å². The molecule has 0 aliphatic carbocycles. The van der Waals surface area contributed by atoms with Crippen LogP contribution in [0.25, 0.3) is 0 Å². The fourth-order valence-corrected chi connectivity index (χ4v) is 5.49. The molecule has 0 saturated heterocycles. The summed E-state index contributed by atoms with van der Waals surface area (Å²) < 4.78 is 34.2. The Labute approximate surface area is 241 Å². The molecule has 0 saturated carbocycles. The molecule has 1 N–H and O–H groups in total. The number of rotatable bonds is 13. The molecule has 3 aromatic rings.